The molecule has 0 aliphatic carbocycles. The van der Waals surface area contributed by atoms with E-state index in [-0.39, 0.29) is 19.0 Å². The van der Waals surface area contributed by atoms with Gasteiger partial charge in [0.25, 0.3) is 5.95 Å². The summed E-state index contributed by atoms with van der Waals surface area (Å²) in [5, 5.41) is 17.4. The van der Waals surface area contributed by atoms with Crippen molar-refractivity contribution >= 4 is 18.0 Å². The van der Waals surface area contributed by atoms with Gasteiger partial charge < -0.3 is 29.8 Å². The molecular weight excluding hydrogens is 342 g/mol. The van der Waals surface area contributed by atoms with E-state index in [4.69, 9.17) is 24.7 Å². The molecule has 0 aliphatic heterocycles. The van der Waals surface area contributed by atoms with Gasteiger partial charge in [-0.25, -0.2) is 4.79 Å². The van der Waals surface area contributed by atoms with Gasteiger partial charge >= 0.3 is 5.97 Å². The molecule has 9 nitrogen and oxygen atoms in total. The molecule has 0 saturated heterocycles. The van der Waals surface area contributed by atoms with Gasteiger partial charge in [0.1, 0.15) is 0 Å². The second-order valence-electron chi connectivity index (χ2n) is 4.68. The number of benzene rings is 1. The summed E-state index contributed by atoms with van der Waals surface area (Å²) in [5.41, 5.74) is 6.01. The largest absolute Gasteiger partial charge is 0.493 e. The van der Waals surface area contributed by atoms with Crippen LogP contribution in [0, 0.1) is 0 Å². The molecule has 0 radical (unpaired) electrons. The summed E-state index contributed by atoms with van der Waals surface area (Å²) in [6.45, 7) is 3.50. The van der Waals surface area contributed by atoms with Gasteiger partial charge in [-0.05, 0) is 37.6 Å². The van der Waals surface area contributed by atoms with Gasteiger partial charge in [-0.2, -0.15) is 5.10 Å². The standard InChI is InChI=1S/C17H23N3O6/c1-5-25-16(21)14(17(22)26-6-2)15(18)20-19-10-11-7-8-12(23-3)13(9-11)24-4/h7-10,21H,5-6H2,1-4H3,(H2,18,20). The van der Waals surface area contributed by atoms with Gasteiger partial charge in [-0.3, -0.25) is 0 Å². The highest BCUT2D eigenvalue weighted by molar-refractivity contribution is 6.18. The highest BCUT2D eigenvalue weighted by atomic mass is 16.6. The fraction of sp³-hybridized carbons (Fsp3) is 0.353. The number of hydrogen-bond donors (Lipinski definition) is 2. The van der Waals surface area contributed by atoms with Crippen LogP contribution in [0.15, 0.2) is 39.9 Å². The lowest BCUT2D eigenvalue weighted by atomic mass is 10.2. The first-order valence-corrected chi connectivity index (χ1v) is 7.80. The van der Waals surface area contributed by atoms with Crippen molar-refractivity contribution < 1.29 is 28.8 Å². The van der Waals surface area contributed by atoms with Crippen LogP contribution in [0.3, 0.4) is 0 Å². The summed E-state index contributed by atoms with van der Waals surface area (Å²) in [6, 6.07) is 5.13. The number of esters is 1. The molecule has 0 atom stereocenters. The Bertz CT molecular complexity index is 712. The molecule has 26 heavy (non-hydrogen) atoms. The van der Waals surface area contributed by atoms with Crippen LogP contribution >= 0.6 is 0 Å². The van der Waals surface area contributed by atoms with Gasteiger partial charge in [0, 0.05) is 0 Å². The lowest BCUT2D eigenvalue weighted by Crippen LogP contribution is -2.25. The van der Waals surface area contributed by atoms with Crippen molar-refractivity contribution in [3.63, 3.8) is 0 Å². The van der Waals surface area contributed by atoms with E-state index in [1.807, 2.05) is 0 Å². The molecule has 1 rings (SSSR count). The average molecular weight is 365 g/mol. The minimum absolute atomic E-state index is 0.101. The molecule has 0 aromatic heterocycles. The first-order chi connectivity index (χ1) is 12.5. The second kappa shape index (κ2) is 10.6. The SMILES string of the molecule is CCOC(=O)C(C(N)=NN=Cc1ccc(OC)c(OC)c1)=C(O)OCC. The number of nitrogens with two attached hydrogens (primary N) is 1. The summed E-state index contributed by atoms with van der Waals surface area (Å²) in [5.74, 6) is -0.781. The van der Waals surface area contributed by atoms with E-state index in [2.05, 4.69) is 10.2 Å². The van der Waals surface area contributed by atoms with Crippen LogP contribution in [0.4, 0.5) is 0 Å². The van der Waals surface area contributed by atoms with Gasteiger partial charge in [0.05, 0.1) is 33.6 Å². The number of ether oxygens (including phenoxy) is 4. The van der Waals surface area contributed by atoms with Crippen LogP contribution < -0.4 is 15.2 Å². The number of carbonyl (C=O) groups excluding carboxylic acids is 1. The van der Waals surface area contributed by atoms with Gasteiger partial charge in [0.15, 0.2) is 22.9 Å². The van der Waals surface area contributed by atoms with Crippen LogP contribution in [0.25, 0.3) is 0 Å². The molecule has 0 aliphatic rings. The second-order valence-corrected chi connectivity index (χ2v) is 4.68. The van der Waals surface area contributed by atoms with Crippen LogP contribution in [-0.4, -0.2) is 50.6 Å². The molecule has 0 unspecified atom stereocenters. The number of nitrogens with zero attached hydrogens (tertiary/aromatic N) is 2. The Morgan fingerprint density at radius 2 is 1.81 bits per heavy atom. The molecule has 3 N–H and O–H groups in total. The minimum atomic E-state index is -0.860. The fourth-order valence-electron chi connectivity index (χ4n) is 1.85. The Balaban J connectivity index is 3.07. The van der Waals surface area contributed by atoms with E-state index < -0.39 is 17.5 Å². The van der Waals surface area contributed by atoms with Crippen LogP contribution in [0.5, 0.6) is 11.5 Å². The number of carbonyl (C=O) groups is 1. The molecule has 0 amide bonds. The molecule has 0 spiro atoms. The lowest BCUT2D eigenvalue weighted by Gasteiger charge is -2.08. The normalized spacial score (nSPS) is 12.5. The van der Waals surface area contributed by atoms with Crippen molar-refractivity contribution in [3.05, 3.63) is 35.3 Å². The maximum atomic E-state index is 11.9. The quantitative estimate of drug-likeness (QED) is 0.171. The molecule has 142 valence electrons. The van der Waals surface area contributed by atoms with Gasteiger partial charge in [-0.15, -0.1) is 5.10 Å². The summed E-state index contributed by atoms with van der Waals surface area (Å²) < 4.78 is 20.1. The number of hydrogen-bond acceptors (Lipinski definition) is 8. The zero-order valence-corrected chi connectivity index (χ0v) is 15.2. The maximum Gasteiger partial charge on any atom is 0.349 e. The third kappa shape index (κ3) is 5.69. The third-order valence-electron chi connectivity index (χ3n) is 3.01. The first kappa shape index (κ1) is 20.8. The van der Waals surface area contributed by atoms with E-state index >= 15 is 0 Å². The third-order valence-corrected chi connectivity index (χ3v) is 3.01. The minimum Gasteiger partial charge on any atom is -0.493 e. The van der Waals surface area contributed by atoms with E-state index in [1.165, 1.54) is 20.4 Å². The van der Waals surface area contributed by atoms with Crippen molar-refractivity contribution in [3.8, 4) is 11.5 Å². The number of aliphatic hydroxyl groups is 1. The van der Waals surface area contributed by atoms with Crippen molar-refractivity contribution in [1.29, 1.82) is 0 Å². The predicted octanol–water partition coefficient (Wildman–Crippen LogP) is 1.76. The summed E-state index contributed by atoms with van der Waals surface area (Å²) in [6.07, 6.45) is 1.40. The number of amidine groups is 1. The zero-order valence-electron chi connectivity index (χ0n) is 15.2. The Morgan fingerprint density at radius 3 is 2.38 bits per heavy atom. The van der Waals surface area contributed by atoms with E-state index in [1.54, 1.807) is 32.0 Å². The van der Waals surface area contributed by atoms with Crippen LogP contribution in [0.2, 0.25) is 0 Å². The van der Waals surface area contributed by atoms with Gasteiger partial charge in [0.2, 0.25) is 0 Å². The Kier molecular flexibility index (Phi) is 8.48. The Labute approximate surface area is 151 Å². The summed E-state index contributed by atoms with van der Waals surface area (Å²) in [4.78, 5) is 11.9. The van der Waals surface area contributed by atoms with Crippen molar-refractivity contribution in [1.82, 2.24) is 0 Å². The number of methoxy groups -OCH3 is 2. The first-order valence-electron chi connectivity index (χ1n) is 7.80. The molecule has 1 aromatic rings. The van der Waals surface area contributed by atoms with Crippen LogP contribution in [-0.2, 0) is 14.3 Å². The lowest BCUT2D eigenvalue weighted by molar-refractivity contribution is -0.138. The highest BCUT2D eigenvalue weighted by Gasteiger charge is 2.22. The maximum absolute atomic E-state index is 11.9. The monoisotopic (exact) mass is 365 g/mol. The molecule has 0 heterocycles. The van der Waals surface area contributed by atoms with Gasteiger partial charge in [-0.1, -0.05) is 0 Å². The molecular formula is C17H23N3O6. The molecule has 0 saturated carbocycles. The summed E-state index contributed by atoms with van der Waals surface area (Å²) >= 11 is 0. The Morgan fingerprint density at radius 1 is 1.15 bits per heavy atom. The highest BCUT2D eigenvalue weighted by Crippen LogP contribution is 2.26. The molecule has 9 heteroatoms. The smallest absolute Gasteiger partial charge is 0.349 e. The number of rotatable bonds is 9. The van der Waals surface area contributed by atoms with Crippen molar-refractivity contribution in [2.24, 2.45) is 15.9 Å². The summed E-state index contributed by atoms with van der Waals surface area (Å²) in [7, 11) is 3.05. The fourth-order valence-corrected chi connectivity index (χ4v) is 1.85. The van der Waals surface area contributed by atoms with Crippen molar-refractivity contribution in [2.75, 3.05) is 27.4 Å². The molecule has 1 aromatic carbocycles. The van der Waals surface area contributed by atoms with E-state index in [0.29, 0.717) is 17.1 Å². The van der Waals surface area contributed by atoms with Crippen molar-refractivity contribution in [2.45, 2.75) is 13.8 Å². The topological polar surface area (TPSA) is 125 Å². The molecule has 0 bridgehead atoms. The van der Waals surface area contributed by atoms with E-state index in [9.17, 15) is 9.90 Å². The van der Waals surface area contributed by atoms with E-state index in [0.717, 1.165) is 0 Å². The average Bonchev–Trinajstić information content (AvgIpc) is 2.62. The van der Waals surface area contributed by atoms with Crippen LogP contribution in [0.1, 0.15) is 19.4 Å². The number of aliphatic hydroxyl groups excluding tert-OH is 1. The Hall–Kier alpha value is -3.23. The predicted molar refractivity (Wildman–Crippen MR) is 96.7 cm³/mol. The molecule has 0 fully saturated rings. The zero-order chi connectivity index (χ0) is 19.5.